The van der Waals surface area contributed by atoms with Crippen molar-refractivity contribution >= 4 is 22.9 Å². The number of rotatable bonds is 10. The molecule has 1 atom stereocenters. The van der Waals surface area contributed by atoms with Crippen molar-refractivity contribution in [2.24, 2.45) is 4.99 Å². The van der Waals surface area contributed by atoms with Gasteiger partial charge in [0.15, 0.2) is 5.17 Å². The molecule has 9 nitrogen and oxygen atoms in total. The Morgan fingerprint density at radius 2 is 2.03 bits per heavy atom. The zero-order valence-electron chi connectivity index (χ0n) is 20.6. The van der Waals surface area contributed by atoms with Gasteiger partial charge in [-0.2, -0.15) is 0 Å². The highest BCUT2D eigenvalue weighted by Gasteiger charge is 2.43. The lowest BCUT2D eigenvalue weighted by atomic mass is 10.0. The van der Waals surface area contributed by atoms with Crippen LogP contribution in [0.5, 0.6) is 0 Å². The lowest BCUT2D eigenvalue weighted by Crippen LogP contribution is -2.54. The Kier molecular flexibility index (Phi) is 10.3. The van der Waals surface area contributed by atoms with E-state index in [0.29, 0.717) is 18.3 Å². The van der Waals surface area contributed by atoms with Gasteiger partial charge in [-0.05, 0) is 39.0 Å². The van der Waals surface area contributed by atoms with Gasteiger partial charge in [0, 0.05) is 52.0 Å². The molecule has 11 heteroatoms. The Labute approximate surface area is 202 Å². The first-order chi connectivity index (χ1) is 15.7. The Hall–Kier alpha value is -1.98. The Morgan fingerprint density at radius 1 is 1.39 bits per heavy atom. The Morgan fingerprint density at radius 3 is 2.48 bits per heavy atom. The number of piperidine rings is 1. The molecule has 5 N–H and O–H groups in total. The van der Waals surface area contributed by atoms with E-state index in [2.05, 4.69) is 32.5 Å². The lowest BCUT2D eigenvalue weighted by molar-refractivity contribution is 0.187. The largest absolute Gasteiger partial charge is 0.394 e. The molecule has 0 radical (unpaired) electrons. The van der Waals surface area contributed by atoms with Crippen LogP contribution in [0.1, 0.15) is 46.0 Å². The second-order valence-corrected chi connectivity index (χ2v) is 9.85. The van der Waals surface area contributed by atoms with Crippen LogP contribution in [0.2, 0.25) is 0 Å². The number of thioether (sulfide) groups is 1. The second-order valence-electron chi connectivity index (χ2n) is 8.58. The fourth-order valence-electron chi connectivity index (χ4n) is 4.03. The van der Waals surface area contributed by atoms with Crippen molar-refractivity contribution in [2.45, 2.75) is 63.0 Å². The van der Waals surface area contributed by atoms with Gasteiger partial charge in [0.25, 0.3) is 0 Å². The maximum atomic E-state index is 13.4. The monoisotopic (exact) mass is 484 g/mol. The fraction of sp³-hybridized carbons (Fsp3) is 0.727. The molecule has 188 valence electrons. The minimum absolute atomic E-state index is 0.0500. The van der Waals surface area contributed by atoms with Crippen LogP contribution < -0.4 is 16.1 Å². The first-order valence-electron chi connectivity index (χ1n) is 11.6. The van der Waals surface area contributed by atoms with Gasteiger partial charge >= 0.3 is 0 Å². The molecular weight excluding hydrogens is 443 g/mol. The number of aliphatic hydroxyl groups is 1. The molecule has 2 fully saturated rings. The molecule has 0 bridgehead atoms. The van der Waals surface area contributed by atoms with Gasteiger partial charge in [0.1, 0.15) is 11.3 Å². The number of alkyl halides is 1. The zero-order valence-corrected chi connectivity index (χ0v) is 21.4. The molecule has 1 aliphatic heterocycles. The number of nitrogens with zero attached hydrogens (tertiary/aromatic N) is 4. The zero-order chi connectivity index (χ0) is 24.6. The van der Waals surface area contributed by atoms with E-state index in [1.165, 1.54) is 13.1 Å². The third-order valence-corrected chi connectivity index (χ3v) is 6.87. The summed E-state index contributed by atoms with van der Waals surface area (Å²) in [4.78, 5) is 8.39. The third kappa shape index (κ3) is 7.51. The summed E-state index contributed by atoms with van der Waals surface area (Å²) in [5.41, 5.74) is 3.04. The summed E-state index contributed by atoms with van der Waals surface area (Å²) < 4.78 is 13.4. The van der Waals surface area contributed by atoms with Crippen LogP contribution >= 0.6 is 11.8 Å². The Balaban J connectivity index is 2.07. The highest BCUT2D eigenvalue weighted by Crippen LogP contribution is 2.36. The number of likely N-dealkylation sites (tertiary alicyclic amines) is 1. The predicted octanol–water partition coefficient (Wildman–Crippen LogP) is 2.21. The molecule has 2 aliphatic rings. The number of halogens is 1. The van der Waals surface area contributed by atoms with Gasteiger partial charge < -0.3 is 25.5 Å². The van der Waals surface area contributed by atoms with Crippen molar-refractivity contribution in [1.29, 1.82) is 5.41 Å². The lowest BCUT2D eigenvalue weighted by Gasteiger charge is -2.39. The highest BCUT2D eigenvalue weighted by atomic mass is 32.2. The van der Waals surface area contributed by atoms with E-state index in [1.54, 1.807) is 19.0 Å². The first-order valence-corrected chi connectivity index (χ1v) is 12.4. The summed E-state index contributed by atoms with van der Waals surface area (Å²) >= 11 is 0.860. The summed E-state index contributed by atoms with van der Waals surface area (Å²) in [6.07, 6.45) is 6.26. The molecule has 1 aliphatic carbocycles. The van der Waals surface area contributed by atoms with Crippen molar-refractivity contribution in [1.82, 2.24) is 30.9 Å². The van der Waals surface area contributed by atoms with E-state index < -0.39 is 5.50 Å². The molecule has 0 aromatic heterocycles. The van der Waals surface area contributed by atoms with Crippen LogP contribution in [-0.4, -0.2) is 89.0 Å². The van der Waals surface area contributed by atoms with Crippen LogP contribution in [0.25, 0.3) is 0 Å². The fourth-order valence-corrected chi connectivity index (χ4v) is 4.58. The van der Waals surface area contributed by atoms with Gasteiger partial charge in [0.2, 0.25) is 5.96 Å². The van der Waals surface area contributed by atoms with Crippen LogP contribution in [0.4, 0.5) is 4.39 Å². The summed E-state index contributed by atoms with van der Waals surface area (Å²) in [7, 11) is 5.44. The van der Waals surface area contributed by atoms with Crippen LogP contribution in [0, 0.1) is 5.41 Å². The maximum absolute atomic E-state index is 13.4. The minimum Gasteiger partial charge on any atom is -0.394 e. The van der Waals surface area contributed by atoms with Crippen molar-refractivity contribution in [3.05, 3.63) is 24.3 Å². The molecule has 1 saturated carbocycles. The SMILES string of the molecule is C=CN=C(N1CCC(NC2(CO)CC2)CC1)N(C)N/C(CC)=C(\NC)N(C)C(=N)SC(C)F. The van der Waals surface area contributed by atoms with Crippen LogP contribution in [-0.2, 0) is 0 Å². The Bertz CT molecular complexity index is 732. The molecule has 0 amide bonds. The number of guanidine groups is 1. The van der Waals surface area contributed by atoms with Crippen molar-refractivity contribution in [3.63, 3.8) is 0 Å². The smallest absolute Gasteiger partial charge is 0.220 e. The number of hydrogen-bond donors (Lipinski definition) is 5. The summed E-state index contributed by atoms with van der Waals surface area (Å²) in [5.74, 6) is 1.46. The number of hydrazine groups is 1. The minimum atomic E-state index is -1.16. The molecule has 1 unspecified atom stereocenters. The summed E-state index contributed by atoms with van der Waals surface area (Å²) in [5, 5.41) is 26.5. The topological polar surface area (TPSA) is 102 Å². The number of amidine groups is 1. The maximum Gasteiger partial charge on any atom is 0.220 e. The molecule has 0 spiro atoms. The van der Waals surface area contributed by atoms with E-state index in [4.69, 9.17) is 5.41 Å². The molecule has 33 heavy (non-hydrogen) atoms. The summed E-state index contributed by atoms with van der Waals surface area (Å²) in [6.45, 7) is 9.12. The quantitative estimate of drug-likeness (QED) is 0.183. The van der Waals surface area contributed by atoms with Crippen molar-refractivity contribution < 1.29 is 9.50 Å². The number of nitrogens with one attached hydrogen (secondary N) is 4. The molecular formula is C22H41FN8OS. The normalized spacial score (nSPS) is 20.0. The number of hydrogen-bond acceptors (Lipinski definition) is 7. The number of aliphatic hydroxyl groups excluding tert-OH is 1. The van der Waals surface area contributed by atoms with E-state index in [0.717, 1.165) is 62.2 Å². The number of allylic oxidation sites excluding steroid dienone is 1. The van der Waals surface area contributed by atoms with Crippen molar-refractivity contribution in [2.75, 3.05) is 40.8 Å². The predicted molar refractivity (Wildman–Crippen MR) is 135 cm³/mol. The van der Waals surface area contributed by atoms with Gasteiger partial charge in [-0.25, -0.2) is 9.38 Å². The van der Waals surface area contributed by atoms with E-state index in [9.17, 15) is 9.50 Å². The molecule has 1 heterocycles. The molecule has 0 aromatic rings. The molecule has 2 rings (SSSR count). The molecule has 1 saturated heterocycles. The third-order valence-electron chi connectivity index (χ3n) is 6.04. The van der Waals surface area contributed by atoms with E-state index in [1.807, 2.05) is 19.0 Å². The van der Waals surface area contributed by atoms with E-state index in [-0.39, 0.29) is 17.3 Å². The van der Waals surface area contributed by atoms with Crippen LogP contribution in [0.15, 0.2) is 29.3 Å². The van der Waals surface area contributed by atoms with Gasteiger partial charge in [-0.3, -0.25) is 15.8 Å². The van der Waals surface area contributed by atoms with Crippen LogP contribution in [0.3, 0.4) is 0 Å². The van der Waals surface area contributed by atoms with Gasteiger partial charge in [0.05, 0.1) is 12.3 Å². The standard InChI is InChI=1S/C22H41FN8OS/c1-7-18(19(25-4)29(5)20(24)33-16(3)23)28-30(6)21(26-8-2)31-13-9-17(10-14-31)27-22(15-32)11-12-22/h8,16-17,24-25,27-28,32H,2,7,9-15H2,1,3-6H3/b19-18+,24-20?,26-21?. The summed E-state index contributed by atoms with van der Waals surface area (Å²) in [6, 6.07) is 0.399. The van der Waals surface area contributed by atoms with Gasteiger partial charge in [-0.1, -0.05) is 25.3 Å². The first kappa shape index (κ1) is 27.3. The van der Waals surface area contributed by atoms with Gasteiger partial charge in [-0.15, -0.1) is 0 Å². The van der Waals surface area contributed by atoms with E-state index >= 15 is 0 Å². The average molecular weight is 485 g/mol. The van der Waals surface area contributed by atoms with Crippen molar-refractivity contribution in [3.8, 4) is 0 Å². The highest BCUT2D eigenvalue weighted by molar-refractivity contribution is 8.14. The molecule has 0 aromatic carbocycles. The second kappa shape index (κ2) is 12.5. The number of aliphatic imine (C=N–C) groups is 1. The average Bonchev–Trinajstić information content (AvgIpc) is 3.57.